The van der Waals surface area contributed by atoms with Crippen molar-refractivity contribution in [2.75, 3.05) is 6.61 Å². The molecule has 0 aromatic heterocycles. The summed E-state index contributed by atoms with van der Waals surface area (Å²) >= 11 is 0. The Hall–Kier alpha value is 0.0969. The molecule has 3 nitrogen and oxygen atoms in total. The Balaban J connectivity index is 2.67. The van der Waals surface area contributed by atoms with Crippen LogP contribution in [0.2, 0.25) is 16.6 Å². The highest BCUT2D eigenvalue weighted by molar-refractivity contribution is 6.77. The van der Waals surface area contributed by atoms with Crippen molar-refractivity contribution in [1.82, 2.24) is 0 Å². The summed E-state index contributed by atoms with van der Waals surface area (Å²) in [6, 6.07) is 0. The molecule has 1 rings (SSSR count). The fraction of sp³-hybridized carbons (Fsp3) is 1.00. The third-order valence-corrected chi connectivity index (χ3v) is 10.6. The highest BCUT2D eigenvalue weighted by Crippen LogP contribution is 2.42. The number of ether oxygens (including phenoxy) is 1. The standard InChI is InChI=1S/C15H32O3Si/c1-11(2)19(12(3)4,13(5)6)17-10-14-8-7-9-15(16)18-14/h11-16H,7-10H2,1-6H3/t14-,15-/m0/s1. The Morgan fingerprint density at radius 3 is 2.00 bits per heavy atom. The lowest BCUT2D eigenvalue weighted by atomic mass is 10.1. The average Bonchev–Trinajstić information content (AvgIpc) is 2.28. The van der Waals surface area contributed by atoms with Gasteiger partial charge in [0.05, 0.1) is 12.7 Å². The predicted molar refractivity (Wildman–Crippen MR) is 81.7 cm³/mol. The summed E-state index contributed by atoms with van der Waals surface area (Å²) in [5.41, 5.74) is 1.79. The zero-order chi connectivity index (χ0) is 14.6. The van der Waals surface area contributed by atoms with Gasteiger partial charge in [-0.05, 0) is 35.9 Å². The lowest BCUT2D eigenvalue weighted by molar-refractivity contribution is -0.170. The monoisotopic (exact) mass is 288 g/mol. The molecule has 0 radical (unpaired) electrons. The first-order valence-electron chi connectivity index (χ1n) is 7.78. The van der Waals surface area contributed by atoms with Gasteiger partial charge in [0.15, 0.2) is 14.6 Å². The van der Waals surface area contributed by atoms with Crippen LogP contribution in [-0.4, -0.2) is 32.4 Å². The van der Waals surface area contributed by atoms with Gasteiger partial charge in [-0.15, -0.1) is 0 Å². The largest absolute Gasteiger partial charge is 0.413 e. The van der Waals surface area contributed by atoms with Crippen LogP contribution in [0.4, 0.5) is 0 Å². The number of aliphatic hydroxyl groups excluding tert-OH is 1. The van der Waals surface area contributed by atoms with Crippen molar-refractivity contribution in [3.63, 3.8) is 0 Å². The second kappa shape index (κ2) is 7.20. The molecule has 0 aromatic rings. The van der Waals surface area contributed by atoms with Gasteiger partial charge in [-0.2, -0.15) is 0 Å². The van der Waals surface area contributed by atoms with Crippen LogP contribution in [0.15, 0.2) is 0 Å². The zero-order valence-electron chi connectivity index (χ0n) is 13.5. The van der Waals surface area contributed by atoms with Crippen molar-refractivity contribution >= 4 is 8.32 Å². The van der Waals surface area contributed by atoms with E-state index in [2.05, 4.69) is 41.5 Å². The molecule has 0 bridgehead atoms. The molecular formula is C15H32O3Si. The van der Waals surface area contributed by atoms with Crippen molar-refractivity contribution < 1.29 is 14.3 Å². The average molecular weight is 289 g/mol. The quantitative estimate of drug-likeness (QED) is 0.749. The minimum atomic E-state index is -1.80. The summed E-state index contributed by atoms with van der Waals surface area (Å²) in [7, 11) is -1.80. The molecule has 0 unspecified atom stereocenters. The van der Waals surface area contributed by atoms with E-state index in [4.69, 9.17) is 9.16 Å². The second-order valence-corrected chi connectivity index (χ2v) is 12.2. The summed E-state index contributed by atoms with van der Waals surface area (Å²) in [4.78, 5) is 0. The van der Waals surface area contributed by atoms with Gasteiger partial charge in [-0.1, -0.05) is 41.5 Å². The molecule has 114 valence electrons. The number of aliphatic hydroxyl groups is 1. The molecule has 0 saturated carbocycles. The molecule has 1 heterocycles. The highest BCUT2D eigenvalue weighted by atomic mass is 28.4. The maximum atomic E-state index is 9.57. The van der Waals surface area contributed by atoms with Crippen molar-refractivity contribution in [3.05, 3.63) is 0 Å². The summed E-state index contributed by atoms with van der Waals surface area (Å²) in [6.07, 6.45) is 2.30. The first-order valence-corrected chi connectivity index (χ1v) is 9.92. The zero-order valence-corrected chi connectivity index (χ0v) is 14.5. The predicted octanol–water partition coefficient (Wildman–Crippen LogP) is 4.07. The Labute approximate surface area is 119 Å². The third-order valence-electron chi connectivity index (χ3n) is 4.55. The van der Waals surface area contributed by atoms with Crippen molar-refractivity contribution in [2.45, 2.75) is 89.8 Å². The molecule has 0 spiro atoms. The van der Waals surface area contributed by atoms with Crippen LogP contribution in [0.3, 0.4) is 0 Å². The molecule has 19 heavy (non-hydrogen) atoms. The van der Waals surface area contributed by atoms with Gasteiger partial charge in [0.25, 0.3) is 0 Å². The van der Waals surface area contributed by atoms with Gasteiger partial charge in [0, 0.05) is 0 Å². The van der Waals surface area contributed by atoms with Crippen LogP contribution >= 0.6 is 0 Å². The molecular weight excluding hydrogens is 256 g/mol. The summed E-state index contributed by atoms with van der Waals surface area (Å²) < 4.78 is 12.1. The molecule has 0 amide bonds. The second-order valence-electron chi connectivity index (χ2n) is 6.77. The van der Waals surface area contributed by atoms with E-state index in [9.17, 15) is 5.11 Å². The van der Waals surface area contributed by atoms with Crippen LogP contribution in [0.5, 0.6) is 0 Å². The van der Waals surface area contributed by atoms with E-state index >= 15 is 0 Å². The maximum Gasteiger partial charge on any atom is 0.200 e. The molecule has 0 aromatic carbocycles. The van der Waals surface area contributed by atoms with E-state index in [-0.39, 0.29) is 6.10 Å². The van der Waals surface area contributed by atoms with E-state index in [1.54, 1.807) is 0 Å². The van der Waals surface area contributed by atoms with Crippen LogP contribution in [-0.2, 0) is 9.16 Å². The van der Waals surface area contributed by atoms with Gasteiger partial charge in [-0.3, -0.25) is 0 Å². The lowest BCUT2D eigenvalue weighted by Gasteiger charge is -2.43. The van der Waals surface area contributed by atoms with Gasteiger partial charge in [0.2, 0.25) is 0 Å². The summed E-state index contributed by atoms with van der Waals surface area (Å²) in [5, 5.41) is 9.57. The van der Waals surface area contributed by atoms with Crippen molar-refractivity contribution in [2.24, 2.45) is 0 Å². The van der Waals surface area contributed by atoms with Crippen LogP contribution < -0.4 is 0 Å². The molecule has 4 heteroatoms. The number of rotatable bonds is 6. The summed E-state index contributed by atoms with van der Waals surface area (Å²) in [5.74, 6) is 0. The molecule has 2 atom stereocenters. The lowest BCUT2D eigenvalue weighted by Crippen LogP contribution is -2.49. The normalized spacial score (nSPS) is 25.6. The molecule has 0 aliphatic carbocycles. The van der Waals surface area contributed by atoms with E-state index in [1.807, 2.05) is 0 Å². The Morgan fingerprint density at radius 1 is 1.05 bits per heavy atom. The summed E-state index contributed by atoms with van der Waals surface area (Å²) in [6.45, 7) is 14.4. The number of hydrogen-bond donors (Lipinski definition) is 1. The first kappa shape index (κ1) is 17.1. The fourth-order valence-corrected chi connectivity index (χ4v) is 9.21. The molecule has 1 aliphatic heterocycles. The molecule has 1 N–H and O–H groups in total. The molecule has 1 aliphatic rings. The molecule has 1 saturated heterocycles. The van der Waals surface area contributed by atoms with Gasteiger partial charge in [0.1, 0.15) is 0 Å². The first-order chi connectivity index (χ1) is 8.80. The number of hydrogen-bond acceptors (Lipinski definition) is 3. The van der Waals surface area contributed by atoms with Gasteiger partial charge >= 0.3 is 0 Å². The van der Waals surface area contributed by atoms with E-state index in [0.717, 1.165) is 19.3 Å². The highest BCUT2D eigenvalue weighted by Gasteiger charge is 2.45. The Bertz CT molecular complexity index is 244. The maximum absolute atomic E-state index is 9.57. The van der Waals surface area contributed by atoms with Crippen LogP contribution in [0, 0.1) is 0 Å². The smallest absolute Gasteiger partial charge is 0.200 e. The van der Waals surface area contributed by atoms with Crippen molar-refractivity contribution in [3.8, 4) is 0 Å². The van der Waals surface area contributed by atoms with Crippen molar-refractivity contribution in [1.29, 1.82) is 0 Å². The Morgan fingerprint density at radius 2 is 1.58 bits per heavy atom. The van der Waals surface area contributed by atoms with E-state index in [1.165, 1.54) is 0 Å². The van der Waals surface area contributed by atoms with Crippen LogP contribution in [0.1, 0.15) is 60.8 Å². The fourth-order valence-electron chi connectivity index (χ4n) is 3.74. The minimum absolute atomic E-state index is 0.0758. The van der Waals surface area contributed by atoms with Gasteiger partial charge < -0.3 is 14.3 Å². The van der Waals surface area contributed by atoms with Gasteiger partial charge in [-0.25, -0.2) is 0 Å². The molecule has 1 fully saturated rings. The SMILES string of the molecule is CC(C)[Si](OC[C@@H]1CCC[C@@H](O)O1)(C(C)C)C(C)C. The van der Waals surface area contributed by atoms with Crippen LogP contribution in [0.25, 0.3) is 0 Å². The van der Waals surface area contributed by atoms with E-state index in [0.29, 0.717) is 23.2 Å². The van der Waals surface area contributed by atoms with E-state index < -0.39 is 14.6 Å². The topological polar surface area (TPSA) is 38.7 Å². The Kier molecular flexibility index (Phi) is 6.50. The minimum Gasteiger partial charge on any atom is -0.413 e. The third kappa shape index (κ3) is 4.03.